The Balaban J connectivity index is 1.90. The Labute approximate surface area is 108 Å². The van der Waals surface area contributed by atoms with Gasteiger partial charge in [-0.15, -0.1) is 0 Å². The minimum Gasteiger partial charge on any atom is -0.497 e. The molecule has 0 unspecified atom stereocenters. The molecule has 1 aliphatic rings. The zero-order valence-corrected chi connectivity index (χ0v) is 10.7. The molecule has 1 amide bonds. The second-order valence-corrected chi connectivity index (χ2v) is 4.97. The summed E-state index contributed by atoms with van der Waals surface area (Å²) in [6, 6.07) is 7.11. The van der Waals surface area contributed by atoms with Crippen molar-refractivity contribution >= 4 is 5.91 Å². The summed E-state index contributed by atoms with van der Waals surface area (Å²) in [6.07, 6.45) is 3.45. The first-order valence-electron chi connectivity index (χ1n) is 6.31. The van der Waals surface area contributed by atoms with E-state index in [9.17, 15) is 4.79 Å². The van der Waals surface area contributed by atoms with Crippen LogP contribution in [0.25, 0.3) is 0 Å². The van der Waals surface area contributed by atoms with Crippen molar-refractivity contribution in [3.8, 4) is 5.75 Å². The molecule has 1 fully saturated rings. The fourth-order valence-corrected chi connectivity index (χ4v) is 2.24. The largest absolute Gasteiger partial charge is 0.497 e. The highest BCUT2D eigenvalue weighted by molar-refractivity contribution is 5.94. The fraction of sp³-hybridized carbons (Fsp3) is 0.500. The summed E-state index contributed by atoms with van der Waals surface area (Å²) in [6.45, 7) is 1.32. The number of carbonyl (C=O) groups is 1. The smallest absolute Gasteiger partial charge is 0.251 e. The van der Waals surface area contributed by atoms with Crippen molar-refractivity contribution in [1.29, 1.82) is 0 Å². The van der Waals surface area contributed by atoms with E-state index < -0.39 is 0 Å². The number of amides is 1. The average Bonchev–Trinajstić information content (AvgIpc) is 2.38. The number of carbonyl (C=O) groups excluding carboxylic acids is 1. The number of methoxy groups -OCH3 is 1. The van der Waals surface area contributed by atoms with Gasteiger partial charge in [-0.3, -0.25) is 4.79 Å². The molecule has 0 heterocycles. The molecule has 3 N–H and O–H groups in total. The van der Waals surface area contributed by atoms with Crippen LogP contribution in [0.1, 0.15) is 29.6 Å². The zero-order chi connectivity index (χ0) is 13.0. The Hall–Kier alpha value is -1.55. The van der Waals surface area contributed by atoms with Gasteiger partial charge >= 0.3 is 0 Å². The van der Waals surface area contributed by atoms with Gasteiger partial charge in [0.2, 0.25) is 0 Å². The van der Waals surface area contributed by atoms with Gasteiger partial charge in [0.05, 0.1) is 7.11 Å². The lowest BCUT2D eigenvalue weighted by molar-refractivity contribution is 0.0876. The molecule has 1 aromatic rings. The molecule has 0 saturated heterocycles. The minimum absolute atomic E-state index is 0.0441. The van der Waals surface area contributed by atoms with Crippen LogP contribution in [-0.4, -0.2) is 26.1 Å². The maximum absolute atomic E-state index is 12.0. The molecule has 0 atom stereocenters. The lowest BCUT2D eigenvalue weighted by Crippen LogP contribution is -2.46. The topological polar surface area (TPSA) is 64.3 Å². The maximum atomic E-state index is 12.0. The van der Waals surface area contributed by atoms with Crippen LogP contribution in [0.2, 0.25) is 0 Å². The number of benzene rings is 1. The van der Waals surface area contributed by atoms with Crippen molar-refractivity contribution in [2.75, 3.05) is 20.2 Å². The molecule has 4 heteroatoms. The lowest BCUT2D eigenvalue weighted by atomic mass is 9.69. The minimum atomic E-state index is -0.0441. The van der Waals surface area contributed by atoms with Crippen molar-refractivity contribution in [3.63, 3.8) is 0 Å². The first-order chi connectivity index (χ1) is 8.69. The predicted octanol–water partition coefficient (Wildman–Crippen LogP) is 1.55. The van der Waals surface area contributed by atoms with Gasteiger partial charge in [0, 0.05) is 12.1 Å². The van der Waals surface area contributed by atoms with Gasteiger partial charge in [-0.2, -0.15) is 0 Å². The summed E-state index contributed by atoms with van der Waals surface area (Å²) in [4.78, 5) is 12.0. The Morgan fingerprint density at radius 3 is 2.50 bits per heavy atom. The molecule has 98 valence electrons. The number of hydrogen-bond donors (Lipinski definition) is 2. The molecule has 0 radical (unpaired) electrons. The number of ether oxygens (including phenoxy) is 1. The van der Waals surface area contributed by atoms with E-state index in [0.717, 1.165) is 18.6 Å². The van der Waals surface area contributed by atoms with Crippen LogP contribution in [0.3, 0.4) is 0 Å². The van der Waals surface area contributed by atoms with Crippen molar-refractivity contribution in [2.24, 2.45) is 11.1 Å². The van der Waals surface area contributed by atoms with Crippen molar-refractivity contribution in [1.82, 2.24) is 5.32 Å². The number of nitrogens with two attached hydrogens (primary N) is 1. The molecule has 0 aromatic heterocycles. The highest BCUT2D eigenvalue weighted by atomic mass is 16.5. The third-order valence-corrected chi connectivity index (χ3v) is 3.82. The van der Waals surface area contributed by atoms with Gasteiger partial charge in [0.25, 0.3) is 5.91 Å². The Bertz CT molecular complexity index is 405. The molecule has 1 saturated carbocycles. The first kappa shape index (κ1) is 12.9. The van der Waals surface area contributed by atoms with Crippen LogP contribution in [-0.2, 0) is 0 Å². The second-order valence-electron chi connectivity index (χ2n) is 4.97. The van der Waals surface area contributed by atoms with Gasteiger partial charge in [-0.1, -0.05) is 6.42 Å². The van der Waals surface area contributed by atoms with Crippen LogP contribution < -0.4 is 15.8 Å². The second kappa shape index (κ2) is 5.40. The Morgan fingerprint density at radius 1 is 1.39 bits per heavy atom. The monoisotopic (exact) mass is 248 g/mol. The van der Waals surface area contributed by atoms with Crippen molar-refractivity contribution < 1.29 is 9.53 Å². The Kier molecular flexibility index (Phi) is 3.87. The van der Waals surface area contributed by atoms with Crippen LogP contribution in [0.5, 0.6) is 5.75 Å². The number of hydrogen-bond acceptors (Lipinski definition) is 3. The third-order valence-electron chi connectivity index (χ3n) is 3.82. The first-order valence-corrected chi connectivity index (χ1v) is 6.31. The van der Waals surface area contributed by atoms with E-state index in [2.05, 4.69) is 5.32 Å². The third kappa shape index (κ3) is 2.64. The number of nitrogens with one attached hydrogen (secondary N) is 1. The fourth-order valence-electron chi connectivity index (χ4n) is 2.24. The summed E-state index contributed by atoms with van der Waals surface area (Å²) >= 11 is 0. The molecule has 2 rings (SSSR count). The maximum Gasteiger partial charge on any atom is 0.251 e. The normalized spacial score (nSPS) is 16.8. The van der Waals surface area contributed by atoms with E-state index in [1.807, 2.05) is 0 Å². The molecular formula is C14H20N2O2. The number of rotatable bonds is 5. The molecule has 0 bridgehead atoms. The summed E-state index contributed by atoms with van der Waals surface area (Å²) in [5.41, 5.74) is 6.56. The SMILES string of the molecule is COc1ccc(C(=O)NCC2(CN)CCC2)cc1. The summed E-state index contributed by atoms with van der Waals surface area (Å²) in [5, 5.41) is 2.97. The van der Waals surface area contributed by atoms with Gasteiger partial charge in [0.15, 0.2) is 0 Å². The summed E-state index contributed by atoms with van der Waals surface area (Å²) in [7, 11) is 1.61. The average molecular weight is 248 g/mol. The van der Waals surface area contributed by atoms with E-state index in [1.54, 1.807) is 31.4 Å². The van der Waals surface area contributed by atoms with E-state index in [-0.39, 0.29) is 11.3 Å². The molecule has 1 aromatic carbocycles. The zero-order valence-electron chi connectivity index (χ0n) is 10.7. The van der Waals surface area contributed by atoms with E-state index in [0.29, 0.717) is 18.7 Å². The van der Waals surface area contributed by atoms with Crippen LogP contribution >= 0.6 is 0 Å². The van der Waals surface area contributed by atoms with E-state index in [4.69, 9.17) is 10.5 Å². The van der Waals surface area contributed by atoms with Crippen molar-refractivity contribution in [3.05, 3.63) is 29.8 Å². The van der Waals surface area contributed by atoms with Gasteiger partial charge in [-0.25, -0.2) is 0 Å². The van der Waals surface area contributed by atoms with Crippen LogP contribution in [0, 0.1) is 5.41 Å². The molecule has 4 nitrogen and oxygen atoms in total. The standard InChI is InChI=1S/C14H20N2O2/c1-18-12-5-3-11(4-6-12)13(17)16-10-14(9-15)7-2-8-14/h3-6H,2,7-10,15H2,1H3,(H,16,17). The predicted molar refractivity (Wildman–Crippen MR) is 70.7 cm³/mol. The lowest BCUT2D eigenvalue weighted by Gasteiger charge is -2.41. The van der Waals surface area contributed by atoms with Gasteiger partial charge < -0.3 is 15.8 Å². The highest BCUT2D eigenvalue weighted by Crippen LogP contribution is 2.39. The van der Waals surface area contributed by atoms with E-state index in [1.165, 1.54) is 6.42 Å². The quantitative estimate of drug-likeness (QED) is 0.831. The molecule has 1 aliphatic carbocycles. The molecular weight excluding hydrogens is 228 g/mol. The summed E-state index contributed by atoms with van der Waals surface area (Å²) < 4.78 is 5.06. The van der Waals surface area contributed by atoms with E-state index >= 15 is 0 Å². The Morgan fingerprint density at radius 2 is 2.06 bits per heavy atom. The molecule has 18 heavy (non-hydrogen) atoms. The molecule has 0 spiro atoms. The van der Waals surface area contributed by atoms with Gasteiger partial charge in [0.1, 0.15) is 5.75 Å². The van der Waals surface area contributed by atoms with Gasteiger partial charge in [-0.05, 0) is 49.1 Å². The van der Waals surface area contributed by atoms with Crippen molar-refractivity contribution in [2.45, 2.75) is 19.3 Å². The molecule has 0 aliphatic heterocycles. The van der Waals surface area contributed by atoms with Crippen LogP contribution in [0.15, 0.2) is 24.3 Å². The highest BCUT2D eigenvalue weighted by Gasteiger charge is 2.35. The summed E-state index contributed by atoms with van der Waals surface area (Å²) in [5.74, 6) is 0.710. The van der Waals surface area contributed by atoms with Crippen LogP contribution in [0.4, 0.5) is 0 Å².